The topological polar surface area (TPSA) is 43.8 Å². The molecule has 0 spiro atoms. The Bertz CT molecular complexity index is 434. The van der Waals surface area contributed by atoms with Crippen LogP contribution in [0.1, 0.15) is 38.5 Å². The van der Waals surface area contributed by atoms with Crippen LogP contribution in [0.2, 0.25) is 0 Å². The fraction of sp³-hybridized carbons (Fsp3) is 0.800. The molecule has 3 saturated heterocycles. The van der Waals surface area contributed by atoms with E-state index in [1.807, 2.05) is 0 Å². The summed E-state index contributed by atoms with van der Waals surface area (Å²) >= 11 is 0. The molecule has 1 N–H and O–H groups in total. The molecule has 19 heavy (non-hydrogen) atoms. The predicted octanol–water partition coefficient (Wildman–Crippen LogP) is 1.32. The first-order valence-corrected chi connectivity index (χ1v) is 7.71. The number of nitrogens with zero attached hydrogens (tertiary/aromatic N) is 2. The first-order valence-electron chi connectivity index (χ1n) is 7.71. The molecule has 4 rings (SSSR count). The average Bonchev–Trinajstić information content (AvgIpc) is 2.44. The van der Waals surface area contributed by atoms with Crippen molar-refractivity contribution in [1.29, 1.82) is 0 Å². The van der Waals surface area contributed by atoms with E-state index in [1.54, 1.807) is 4.90 Å². The van der Waals surface area contributed by atoms with Gasteiger partial charge in [-0.3, -0.25) is 14.6 Å². The monoisotopic (exact) mass is 262 g/mol. The lowest BCUT2D eigenvalue weighted by molar-refractivity contribution is -0.157. The van der Waals surface area contributed by atoms with Crippen LogP contribution in [0.3, 0.4) is 0 Å². The molecule has 0 saturated carbocycles. The van der Waals surface area contributed by atoms with E-state index in [9.17, 15) is 9.90 Å². The first kappa shape index (κ1) is 11.9. The molecule has 1 amide bonds. The molecular weight excluding hydrogens is 240 g/mol. The van der Waals surface area contributed by atoms with Crippen LogP contribution in [0.5, 0.6) is 0 Å². The average molecular weight is 262 g/mol. The predicted molar refractivity (Wildman–Crippen MR) is 71.0 cm³/mol. The van der Waals surface area contributed by atoms with Crippen molar-refractivity contribution < 1.29 is 9.90 Å². The normalized spacial score (nSPS) is 42.5. The Hall–Kier alpha value is -0.870. The molecule has 0 aromatic carbocycles. The smallest absolute Gasteiger partial charge is 0.233 e. The van der Waals surface area contributed by atoms with Crippen LogP contribution >= 0.6 is 0 Å². The summed E-state index contributed by atoms with van der Waals surface area (Å²) in [5.74, 6) is 0.780. The molecule has 3 fully saturated rings. The molecule has 0 aromatic rings. The van der Waals surface area contributed by atoms with Crippen LogP contribution in [-0.2, 0) is 4.79 Å². The maximum atomic E-state index is 12.7. The maximum Gasteiger partial charge on any atom is 0.233 e. The van der Waals surface area contributed by atoms with Crippen molar-refractivity contribution in [3.8, 4) is 0 Å². The largest absolute Gasteiger partial charge is 0.373 e. The number of carbonyl (C=O) groups is 1. The van der Waals surface area contributed by atoms with Gasteiger partial charge < -0.3 is 5.11 Å². The molecule has 0 unspecified atom stereocenters. The van der Waals surface area contributed by atoms with Gasteiger partial charge in [-0.25, -0.2) is 0 Å². The summed E-state index contributed by atoms with van der Waals surface area (Å²) < 4.78 is 0. The van der Waals surface area contributed by atoms with Crippen LogP contribution in [0.25, 0.3) is 0 Å². The number of aliphatic hydroxyl groups excluding tert-OH is 1. The number of fused-ring (bicyclic) bond motifs is 6. The van der Waals surface area contributed by atoms with Crippen molar-refractivity contribution in [2.75, 3.05) is 13.1 Å². The van der Waals surface area contributed by atoms with Gasteiger partial charge in [-0.05, 0) is 38.6 Å². The number of allylic oxidation sites excluding steroid dienone is 1. The third-order valence-corrected chi connectivity index (χ3v) is 5.45. The molecule has 0 radical (unpaired) electrons. The van der Waals surface area contributed by atoms with E-state index in [2.05, 4.69) is 11.0 Å². The number of hydrogen-bond donors (Lipinski definition) is 1. The Balaban J connectivity index is 1.70. The number of rotatable bonds is 0. The molecule has 4 atom stereocenters. The van der Waals surface area contributed by atoms with E-state index in [-0.39, 0.29) is 11.8 Å². The zero-order chi connectivity index (χ0) is 13.0. The van der Waals surface area contributed by atoms with E-state index >= 15 is 0 Å². The Morgan fingerprint density at radius 1 is 1.26 bits per heavy atom. The summed E-state index contributed by atoms with van der Waals surface area (Å²) in [6.45, 7) is 2.24. The molecule has 4 heterocycles. The second-order valence-corrected chi connectivity index (χ2v) is 6.49. The van der Waals surface area contributed by atoms with Gasteiger partial charge in [-0.1, -0.05) is 12.5 Å². The number of piperidine rings is 3. The minimum absolute atomic E-state index is 0.129. The van der Waals surface area contributed by atoms with Crippen molar-refractivity contribution in [3.05, 3.63) is 11.8 Å². The fourth-order valence-corrected chi connectivity index (χ4v) is 4.60. The first-order chi connectivity index (χ1) is 9.25. The quantitative estimate of drug-likeness (QED) is 0.716. The van der Waals surface area contributed by atoms with Crippen molar-refractivity contribution >= 4 is 5.91 Å². The standard InChI is InChI=1S/C15H22N2O2/c18-14-6-3-5-12-10-8-11(15(19)17(12)14)13-4-1-2-7-16(13)9-10/h5,10-11,13-14,18H,1-4,6-9H2/t10-,11+,13-,14-/m0/s1. The zero-order valence-corrected chi connectivity index (χ0v) is 11.3. The third-order valence-electron chi connectivity index (χ3n) is 5.45. The summed E-state index contributed by atoms with van der Waals surface area (Å²) in [6, 6.07) is 0.438. The van der Waals surface area contributed by atoms with Crippen LogP contribution < -0.4 is 0 Å². The molecule has 104 valence electrons. The van der Waals surface area contributed by atoms with Gasteiger partial charge in [0.25, 0.3) is 0 Å². The zero-order valence-electron chi connectivity index (χ0n) is 11.3. The van der Waals surface area contributed by atoms with Gasteiger partial charge in [0.05, 0.1) is 5.92 Å². The lowest BCUT2D eigenvalue weighted by Crippen LogP contribution is -2.62. The fourth-order valence-electron chi connectivity index (χ4n) is 4.60. The third kappa shape index (κ3) is 1.69. The Morgan fingerprint density at radius 3 is 3.05 bits per heavy atom. The molecule has 4 aliphatic heterocycles. The summed E-state index contributed by atoms with van der Waals surface area (Å²) in [5, 5.41) is 10.2. The maximum absolute atomic E-state index is 12.7. The molecule has 2 bridgehead atoms. The van der Waals surface area contributed by atoms with E-state index in [0.29, 0.717) is 18.4 Å². The summed E-state index contributed by atoms with van der Waals surface area (Å²) in [6.07, 6.45) is 7.91. The molecule has 0 aliphatic carbocycles. The number of carbonyl (C=O) groups excluding carboxylic acids is 1. The van der Waals surface area contributed by atoms with Crippen molar-refractivity contribution in [3.63, 3.8) is 0 Å². The van der Waals surface area contributed by atoms with E-state index in [4.69, 9.17) is 0 Å². The van der Waals surface area contributed by atoms with Gasteiger partial charge >= 0.3 is 0 Å². The van der Waals surface area contributed by atoms with Gasteiger partial charge in [0, 0.05) is 24.2 Å². The molecule has 0 aromatic heterocycles. The van der Waals surface area contributed by atoms with Crippen LogP contribution in [-0.4, -0.2) is 46.2 Å². The second-order valence-electron chi connectivity index (χ2n) is 6.49. The molecular formula is C15H22N2O2. The number of hydrogen-bond acceptors (Lipinski definition) is 3. The van der Waals surface area contributed by atoms with Gasteiger partial charge in [-0.2, -0.15) is 0 Å². The Morgan fingerprint density at radius 2 is 2.16 bits per heavy atom. The van der Waals surface area contributed by atoms with Crippen LogP contribution in [0, 0.1) is 11.8 Å². The molecule has 4 heteroatoms. The molecule has 4 nitrogen and oxygen atoms in total. The summed E-state index contributed by atoms with van der Waals surface area (Å²) in [5.41, 5.74) is 1.11. The van der Waals surface area contributed by atoms with Gasteiger partial charge in [0.2, 0.25) is 5.91 Å². The van der Waals surface area contributed by atoms with Crippen molar-refractivity contribution in [2.45, 2.75) is 50.8 Å². The highest BCUT2D eigenvalue weighted by atomic mass is 16.3. The van der Waals surface area contributed by atoms with E-state index in [1.165, 1.54) is 12.8 Å². The van der Waals surface area contributed by atoms with Crippen LogP contribution in [0.4, 0.5) is 0 Å². The minimum atomic E-state index is -0.576. The second kappa shape index (κ2) is 4.32. The summed E-state index contributed by atoms with van der Waals surface area (Å²) in [7, 11) is 0. The Labute approximate surface area is 114 Å². The minimum Gasteiger partial charge on any atom is -0.373 e. The molecule has 4 aliphatic rings. The lowest BCUT2D eigenvalue weighted by Gasteiger charge is -2.54. The lowest BCUT2D eigenvalue weighted by atomic mass is 9.73. The van der Waals surface area contributed by atoms with Crippen molar-refractivity contribution in [2.24, 2.45) is 11.8 Å². The van der Waals surface area contributed by atoms with Gasteiger partial charge in [-0.15, -0.1) is 0 Å². The van der Waals surface area contributed by atoms with E-state index < -0.39 is 6.23 Å². The van der Waals surface area contributed by atoms with E-state index in [0.717, 1.165) is 38.0 Å². The van der Waals surface area contributed by atoms with Gasteiger partial charge in [0.1, 0.15) is 6.23 Å². The number of amides is 1. The van der Waals surface area contributed by atoms with Gasteiger partial charge in [0.15, 0.2) is 0 Å². The highest BCUT2D eigenvalue weighted by Crippen LogP contribution is 2.44. The SMILES string of the molecule is O=C1[C@@H]2C[C@@H](CN3CCCC[C@@H]23)C2=CCC[C@H](O)N12. The summed E-state index contributed by atoms with van der Waals surface area (Å²) in [4.78, 5) is 17.0. The highest BCUT2D eigenvalue weighted by Gasteiger charge is 2.50. The van der Waals surface area contributed by atoms with Crippen LogP contribution in [0.15, 0.2) is 11.8 Å². The Kier molecular flexibility index (Phi) is 2.71. The number of aliphatic hydroxyl groups is 1. The highest BCUT2D eigenvalue weighted by molar-refractivity contribution is 5.83. The van der Waals surface area contributed by atoms with Crippen molar-refractivity contribution in [1.82, 2.24) is 9.80 Å².